The van der Waals surface area contributed by atoms with Gasteiger partial charge in [-0.15, -0.1) is 0 Å². The summed E-state index contributed by atoms with van der Waals surface area (Å²) in [7, 11) is 3.59. The van der Waals surface area contributed by atoms with Crippen molar-refractivity contribution in [2.45, 2.75) is 31.9 Å². The lowest BCUT2D eigenvalue weighted by atomic mass is 10.1. The summed E-state index contributed by atoms with van der Waals surface area (Å²) in [5.41, 5.74) is 2.54. The highest BCUT2D eigenvalue weighted by atomic mass is 16.5. The van der Waals surface area contributed by atoms with Crippen molar-refractivity contribution >= 4 is 11.6 Å². The van der Waals surface area contributed by atoms with E-state index in [1.165, 1.54) is 11.3 Å². The Morgan fingerprint density at radius 3 is 2.48 bits per heavy atom. The molecule has 0 atom stereocenters. The van der Waals surface area contributed by atoms with E-state index in [0.29, 0.717) is 6.10 Å². The number of ether oxygens (including phenoxy) is 3. The van der Waals surface area contributed by atoms with Crippen LogP contribution in [0.1, 0.15) is 24.8 Å². The first-order valence-electron chi connectivity index (χ1n) is 10.8. The molecule has 0 saturated carbocycles. The molecule has 1 N–H and O–H groups in total. The molecule has 29 heavy (non-hydrogen) atoms. The summed E-state index contributed by atoms with van der Waals surface area (Å²) in [6.07, 6.45) is 3.41. The topological polar surface area (TPSA) is 58.6 Å². The van der Waals surface area contributed by atoms with Crippen LogP contribution >= 0.6 is 0 Å². The van der Waals surface area contributed by atoms with Crippen molar-refractivity contribution in [2.24, 2.45) is 4.99 Å². The number of nitrogens with one attached hydrogen (secondary N) is 1. The first kappa shape index (κ1) is 21.9. The van der Waals surface area contributed by atoms with Crippen LogP contribution in [0.2, 0.25) is 0 Å². The van der Waals surface area contributed by atoms with Crippen LogP contribution in [-0.4, -0.2) is 83.7 Å². The number of nitrogens with zero attached hydrogens (tertiary/aromatic N) is 3. The van der Waals surface area contributed by atoms with Crippen molar-refractivity contribution in [1.29, 1.82) is 0 Å². The number of anilines is 1. The van der Waals surface area contributed by atoms with Crippen molar-refractivity contribution in [3.63, 3.8) is 0 Å². The van der Waals surface area contributed by atoms with Gasteiger partial charge in [0.25, 0.3) is 0 Å². The number of guanidine groups is 1. The number of hydrogen-bond donors (Lipinski definition) is 1. The standard InChI is InChI=1S/C22H36N4O3/c1-23-22(26-10-8-21(9-11-26)29-15-3-14-27-2)24-18-19-4-6-20(7-5-19)25-12-16-28-17-13-25/h4-7,21H,3,8-18H2,1-2H3,(H,23,24). The van der Waals surface area contributed by atoms with Crippen LogP contribution < -0.4 is 10.2 Å². The Balaban J connectivity index is 1.40. The van der Waals surface area contributed by atoms with E-state index in [1.54, 1.807) is 7.11 Å². The molecule has 2 aliphatic heterocycles. The molecule has 2 fully saturated rings. The molecule has 162 valence electrons. The van der Waals surface area contributed by atoms with Gasteiger partial charge in [0.15, 0.2) is 5.96 Å². The lowest BCUT2D eigenvalue weighted by Gasteiger charge is -2.34. The van der Waals surface area contributed by atoms with Gasteiger partial charge in [-0.05, 0) is 37.0 Å². The summed E-state index contributed by atoms with van der Waals surface area (Å²) in [6.45, 7) is 7.85. The van der Waals surface area contributed by atoms with Crippen LogP contribution in [-0.2, 0) is 20.8 Å². The van der Waals surface area contributed by atoms with Gasteiger partial charge in [-0.1, -0.05) is 12.1 Å². The van der Waals surface area contributed by atoms with Gasteiger partial charge in [-0.3, -0.25) is 4.99 Å². The fourth-order valence-corrected chi connectivity index (χ4v) is 3.85. The number of hydrogen-bond acceptors (Lipinski definition) is 5. The number of benzene rings is 1. The lowest BCUT2D eigenvalue weighted by Crippen LogP contribution is -2.46. The normalized spacial score (nSPS) is 18.9. The highest BCUT2D eigenvalue weighted by Gasteiger charge is 2.21. The molecule has 2 heterocycles. The highest BCUT2D eigenvalue weighted by molar-refractivity contribution is 5.80. The van der Waals surface area contributed by atoms with Crippen molar-refractivity contribution in [3.05, 3.63) is 29.8 Å². The third-order valence-electron chi connectivity index (χ3n) is 5.56. The molecule has 1 aromatic rings. The minimum Gasteiger partial charge on any atom is -0.385 e. The molecule has 2 aliphatic rings. The number of aliphatic imine (C=N–C) groups is 1. The molecular weight excluding hydrogens is 368 g/mol. The zero-order valence-corrected chi connectivity index (χ0v) is 17.9. The number of rotatable bonds is 8. The monoisotopic (exact) mass is 404 g/mol. The highest BCUT2D eigenvalue weighted by Crippen LogP contribution is 2.17. The van der Waals surface area contributed by atoms with E-state index in [0.717, 1.165) is 84.4 Å². The molecular formula is C22H36N4O3. The van der Waals surface area contributed by atoms with Gasteiger partial charge in [-0.2, -0.15) is 0 Å². The van der Waals surface area contributed by atoms with Gasteiger partial charge in [0.2, 0.25) is 0 Å². The molecule has 0 aromatic heterocycles. The van der Waals surface area contributed by atoms with Crippen molar-refractivity contribution in [3.8, 4) is 0 Å². The summed E-state index contributed by atoms with van der Waals surface area (Å²) in [5, 5.41) is 3.51. The van der Waals surface area contributed by atoms with Crippen LogP contribution in [0.4, 0.5) is 5.69 Å². The molecule has 0 amide bonds. The molecule has 0 aliphatic carbocycles. The molecule has 0 radical (unpaired) electrons. The zero-order chi connectivity index (χ0) is 20.3. The van der Waals surface area contributed by atoms with Gasteiger partial charge < -0.3 is 29.3 Å². The van der Waals surface area contributed by atoms with E-state index in [2.05, 4.69) is 44.4 Å². The Morgan fingerprint density at radius 1 is 1.10 bits per heavy atom. The smallest absolute Gasteiger partial charge is 0.193 e. The maximum Gasteiger partial charge on any atom is 0.193 e. The maximum atomic E-state index is 5.96. The second-order valence-corrected chi connectivity index (χ2v) is 7.57. The fraction of sp³-hybridized carbons (Fsp3) is 0.682. The zero-order valence-electron chi connectivity index (χ0n) is 17.9. The summed E-state index contributed by atoms with van der Waals surface area (Å²) in [6, 6.07) is 8.81. The third kappa shape index (κ3) is 6.87. The third-order valence-corrected chi connectivity index (χ3v) is 5.56. The molecule has 3 rings (SSSR count). The first-order chi connectivity index (χ1) is 14.3. The second-order valence-electron chi connectivity index (χ2n) is 7.57. The van der Waals surface area contributed by atoms with Gasteiger partial charge in [-0.25, -0.2) is 0 Å². The van der Waals surface area contributed by atoms with E-state index in [9.17, 15) is 0 Å². The largest absolute Gasteiger partial charge is 0.385 e. The van der Waals surface area contributed by atoms with E-state index >= 15 is 0 Å². The summed E-state index contributed by atoms with van der Waals surface area (Å²) < 4.78 is 16.5. The predicted molar refractivity (Wildman–Crippen MR) is 117 cm³/mol. The quantitative estimate of drug-likeness (QED) is 0.407. The van der Waals surface area contributed by atoms with Gasteiger partial charge in [0, 0.05) is 65.8 Å². The molecule has 1 aromatic carbocycles. The minimum absolute atomic E-state index is 0.356. The molecule has 0 unspecified atom stereocenters. The Labute approximate surface area is 175 Å². The molecule has 0 spiro atoms. The minimum atomic E-state index is 0.356. The fourth-order valence-electron chi connectivity index (χ4n) is 3.85. The molecule has 2 saturated heterocycles. The number of methoxy groups -OCH3 is 1. The number of morpholine rings is 1. The van der Waals surface area contributed by atoms with Crippen LogP contribution in [0.15, 0.2) is 29.3 Å². The van der Waals surface area contributed by atoms with Crippen molar-refractivity contribution in [2.75, 3.05) is 71.7 Å². The summed E-state index contributed by atoms with van der Waals surface area (Å²) in [4.78, 5) is 9.19. The van der Waals surface area contributed by atoms with Crippen molar-refractivity contribution in [1.82, 2.24) is 10.2 Å². The van der Waals surface area contributed by atoms with E-state index in [-0.39, 0.29) is 0 Å². The van der Waals surface area contributed by atoms with Gasteiger partial charge in [0.05, 0.1) is 19.3 Å². The molecule has 0 bridgehead atoms. The Hall–Kier alpha value is -1.83. The SMILES string of the molecule is CN=C(NCc1ccc(N2CCOCC2)cc1)N1CCC(OCCCOC)CC1. The number of piperidine rings is 1. The van der Waals surface area contributed by atoms with Crippen LogP contribution in [0.25, 0.3) is 0 Å². The van der Waals surface area contributed by atoms with Crippen LogP contribution in [0.5, 0.6) is 0 Å². The van der Waals surface area contributed by atoms with Gasteiger partial charge >= 0.3 is 0 Å². The Morgan fingerprint density at radius 2 is 1.83 bits per heavy atom. The molecule has 7 heteroatoms. The van der Waals surface area contributed by atoms with Gasteiger partial charge in [0.1, 0.15) is 0 Å². The number of likely N-dealkylation sites (tertiary alicyclic amines) is 1. The summed E-state index contributed by atoms with van der Waals surface area (Å²) >= 11 is 0. The Bertz CT molecular complexity index is 609. The Kier molecular flexibility index (Phi) is 9.05. The van der Waals surface area contributed by atoms with Crippen LogP contribution in [0.3, 0.4) is 0 Å². The average molecular weight is 405 g/mol. The van der Waals surface area contributed by atoms with E-state index in [1.807, 2.05) is 7.05 Å². The van der Waals surface area contributed by atoms with Crippen LogP contribution in [0, 0.1) is 0 Å². The first-order valence-corrected chi connectivity index (χ1v) is 10.8. The lowest BCUT2D eigenvalue weighted by molar-refractivity contribution is 0.00989. The van der Waals surface area contributed by atoms with E-state index in [4.69, 9.17) is 14.2 Å². The maximum absolute atomic E-state index is 5.96. The molecule has 7 nitrogen and oxygen atoms in total. The van der Waals surface area contributed by atoms with E-state index < -0.39 is 0 Å². The predicted octanol–water partition coefficient (Wildman–Crippen LogP) is 2.12. The second kappa shape index (κ2) is 12.0. The van der Waals surface area contributed by atoms with Crippen molar-refractivity contribution < 1.29 is 14.2 Å². The average Bonchev–Trinajstić information content (AvgIpc) is 2.79. The summed E-state index contributed by atoms with van der Waals surface area (Å²) in [5.74, 6) is 0.972.